The number of hydrogen-bond acceptors (Lipinski definition) is 6. The number of piperidine rings is 2. The third-order valence-corrected chi connectivity index (χ3v) is 11.0. The molecule has 1 saturated carbocycles. The lowest BCUT2D eigenvalue weighted by Crippen LogP contribution is -2.53. The van der Waals surface area contributed by atoms with Crippen LogP contribution in [0.2, 0.25) is 0 Å². The highest BCUT2D eigenvalue weighted by Gasteiger charge is 2.58. The number of hydrogen-bond donors (Lipinski definition) is 1. The minimum absolute atomic E-state index is 0.121. The number of aliphatic carboxylic acids is 1. The molecular formula is C35H43N3O4S. The fourth-order valence-corrected chi connectivity index (χ4v) is 8.57. The van der Waals surface area contributed by atoms with Crippen LogP contribution >= 0.6 is 11.3 Å². The first kappa shape index (κ1) is 29.7. The van der Waals surface area contributed by atoms with Crippen molar-refractivity contribution in [2.75, 3.05) is 31.1 Å². The minimum atomic E-state index is -0.610. The number of amides is 1. The molecule has 3 heterocycles. The largest absolute Gasteiger partial charge is 0.488 e. The minimum Gasteiger partial charge on any atom is -0.488 e. The Kier molecular flexibility index (Phi) is 8.49. The third-order valence-electron chi connectivity index (χ3n) is 10.1. The normalized spacial score (nSPS) is 23.4. The predicted octanol–water partition coefficient (Wildman–Crippen LogP) is 7.35. The van der Waals surface area contributed by atoms with Gasteiger partial charge in [-0.05, 0) is 99.6 Å². The topological polar surface area (TPSA) is 83.0 Å². The van der Waals surface area contributed by atoms with Crippen LogP contribution in [0.4, 0.5) is 5.13 Å². The molecule has 2 aromatic carbocycles. The van der Waals surface area contributed by atoms with Gasteiger partial charge < -0.3 is 19.6 Å². The van der Waals surface area contributed by atoms with Crippen LogP contribution in [-0.2, 0) is 11.4 Å². The van der Waals surface area contributed by atoms with E-state index < -0.39 is 11.4 Å². The molecule has 0 spiro atoms. The Bertz CT molecular complexity index is 1480. The van der Waals surface area contributed by atoms with E-state index >= 15 is 0 Å². The van der Waals surface area contributed by atoms with Gasteiger partial charge in [0.05, 0.1) is 11.1 Å². The molecule has 1 N–H and O–H groups in total. The zero-order valence-corrected chi connectivity index (χ0v) is 26.4. The molecule has 2 saturated heterocycles. The Hall–Kier alpha value is -3.39. The average molecular weight is 602 g/mol. The van der Waals surface area contributed by atoms with Crippen molar-refractivity contribution in [3.8, 4) is 17.0 Å². The molecule has 228 valence electrons. The number of ether oxygens (including phenoxy) is 1. The maximum Gasteiger partial charge on any atom is 0.310 e. The monoisotopic (exact) mass is 601 g/mol. The fourth-order valence-electron chi connectivity index (χ4n) is 7.73. The van der Waals surface area contributed by atoms with Crippen molar-refractivity contribution in [3.05, 3.63) is 64.0 Å². The molecule has 1 amide bonds. The third kappa shape index (κ3) is 5.66. The van der Waals surface area contributed by atoms with Gasteiger partial charge in [0.25, 0.3) is 5.91 Å². The van der Waals surface area contributed by atoms with Crippen molar-refractivity contribution in [3.63, 3.8) is 0 Å². The summed E-state index contributed by atoms with van der Waals surface area (Å²) in [4.78, 5) is 34.8. The van der Waals surface area contributed by atoms with Crippen LogP contribution in [0.1, 0.15) is 78.9 Å². The average Bonchev–Trinajstić information content (AvgIpc) is 3.56. The van der Waals surface area contributed by atoms with Gasteiger partial charge in [-0.25, -0.2) is 4.98 Å². The Morgan fingerprint density at radius 2 is 1.79 bits per heavy atom. The van der Waals surface area contributed by atoms with Crippen molar-refractivity contribution in [1.82, 2.24) is 9.88 Å². The molecule has 2 aliphatic heterocycles. The second-order valence-corrected chi connectivity index (χ2v) is 13.6. The van der Waals surface area contributed by atoms with Crippen LogP contribution in [0.5, 0.6) is 5.75 Å². The Balaban J connectivity index is 1.17. The predicted molar refractivity (Wildman–Crippen MR) is 171 cm³/mol. The highest BCUT2D eigenvalue weighted by Crippen LogP contribution is 2.55. The van der Waals surface area contributed by atoms with Crippen molar-refractivity contribution < 1.29 is 19.4 Å². The van der Waals surface area contributed by atoms with Gasteiger partial charge in [0, 0.05) is 42.7 Å². The number of likely N-dealkylation sites (tertiary alicyclic amines) is 1. The van der Waals surface area contributed by atoms with Gasteiger partial charge in [0.1, 0.15) is 12.4 Å². The zero-order chi connectivity index (χ0) is 30.1. The standard InChI is InChI=1S/C35H43N3O4S/c1-4-14-35(33(40)41)27-11-12-28(35)20-38(19-27)34-36-30(22-43-34)29-17-23(2)8-13-31(29)42-21-26-10-9-25(18-24(26)3)32(39)37-15-6-5-7-16-37/h8-10,13,17-18,22,27-28H,4-7,11-12,14-16,19-21H2,1-3H3,(H,40,41). The first-order chi connectivity index (χ1) is 20.8. The van der Waals surface area contributed by atoms with E-state index in [4.69, 9.17) is 9.72 Å². The first-order valence-electron chi connectivity index (χ1n) is 15.9. The maximum absolute atomic E-state index is 13.0. The molecule has 6 rings (SSSR count). The number of thiazole rings is 1. The number of anilines is 1. The maximum atomic E-state index is 13.0. The summed E-state index contributed by atoms with van der Waals surface area (Å²) in [6, 6.07) is 12.1. The van der Waals surface area contributed by atoms with Gasteiger partial charge in [0.2, 0.25) is 0 Å². The molecule has 1 aromatic heterocycles. The number of carboxylic acids is 1. The molecule has 0 radical (unpaired) electrons. The van der Waals surface area contributed by atoms with Crippen LogP contribution in [0.3, 0.4) is 0 Å². The van der Waals surface area contributed by atoms with E-state index in [2.05, 4.69) is 36.3 Å². The van der Waals surface area contributed by atoms with Crippen LogP contribution < -0.4 is 9.64 Å². The van der Waals surface area contributed by atoms with Crippen LogP contribution in [0, 0.1) is 31.1 Å². The first-order valence-corrected chi connectivity index (χ1v) is 16.7. The number of carbonyl (C=O) groups is 2. The molecule has 3 fully saturated rings. The SMILES string of the molecule is CCCC1(C(=O)O)C2CCC1CN(c1nc(-c3cc(C)ccc3OCc3ccc(C(=O)N4CCCCC4)cc3C)cs1)C2. The van der Waals surface area contributed by atoms with E-state index in [1.54, 1.807) is 11.3 Å². The number of carbonyl (C=O) groups excluding carboxylic acids is 1. The van der Waals surface area contributed by atoms with Crippen LogP contribution in [-0.4, -0.2) is 53.0 Å². The van der Waals surface area contributed by atoms with E-state index in [1.165, 1.54) is 6.42 Å². The number of aromatic nitrogens is 1. The summed E-state index contributed by atoms with van der Waals surface area (Å²) in [5.41, 5.74) is 5.24. The van der Waals surface area contributed by atoms with E-state index in [9.17, 15) is 14.7 Å². The molecule has 43 heavy (non-hydrogen) atoms. The van der Waals surface area contributed by atoms with Crippen molar-refractivity contribution in [2.45, 2.75) is 72.3 Å². The molecular weight excluding hydrogens is 558 g/mol. The van der Waals surface area contributed by atoms with E-state index in [1.807, 2.05) is 36.1 Å². The summed E-state index contributed by atoms with van der Waals surface area (Å²) in [5.74, 6) is 0.622. The second-order valence-electron chi connectivity index (χ2n) is 12.8. The van der Waals surface area contributed by atoms with Crippen LogP contribution in [0.25, 0.3) is 11.3 Å². The molecule has 2 atom stereocenters. The number of benzene rings is 2. The molecule has 7 nitrogen and oxygen atoms in total. The molecule has 8 heteroatoms. The summed E-state index contributed by atoms with van der Waals surface area (Å²) in [5, 5.41) is 13.3. The van der Waals surface area contributed by atoms with Crippen molar-refractivity contribution in [1.29, 1.82) is 0 Å². The highest BCUT2D eigenvalue weighted by molar-refractivity contribution is 7.14. The molecule has 2 unspecified atom stereocenters. The quantitative estimate of drug-likeness (QED) is 0.276. The molecule has 1 aliphatic carbocycles. The lowest BCUT2D eigenvalue weighted by Gasteiger charge is -2.45. The van der Waals surface area contributed by atoms with Crippen molar-refractivity contribution in [2.24, 2.45) is 17.3 Å². The number of fused-ring (bicyclic) bond motifs is 2. The second kappa shape index (κ2) is 12.3. The molecule has 3 aromatic rings. The molecule has 3 aliphatic rings. The van der Waals surface area contributed by atoms with Gasteiger partial charge in [-0.15, -0.1) is 11.3 Å². The zero-order valence-electron chi connectivity index (χ0n) is 25.6. The van der Waals surface area contributed by atoms with Gasteiger partial charge >= 0.3 is 5.97 Å². The summed E-state index contributed by atoms with van der Waals surface area (Å²) in [6.45, 7) is 9.81. The number of nitrogens with zero attached hydrogens (tertiary/aromatic N) is 3. The Morgan fingerprint density at radius 1 is 1.05 bits per heavy atom. The Morgan fingerprint density at radius 3 is 2.47 bits per heavy atom. The molecule has 2 bridgehead atoms. The van der Waals surface area contributed by atoms with Crippen molar-refractivity contribution >= 4 is 28.3 Å². The van der Waals surface area contributed by atoms with Crippen LogP contribution in [0.15, 0.2) is 41.8 Å². The number of aryl methyl sites for hydroxylation is 2. The Labute approximate surface area is 258 Å². The summed E-state index contributed by atoms with van der Waals surface area (Å²) < 4.78 is 6.40. The van der Waals surface area contributed by atoms with E-state index in [-0.39, 0.29) is 17.7 Å². The van der Waals surface area contributed by atoms with E-state index in [0.29, 0.717) is 6.61 Å². The summed E-state index contributed by atoms with van der Waals surface area (Å²) in [7, 11) is 0. The smallest absolute Gasteiger partial charge is 0.310 e. The lowest BCUT2D eigenvalue weighted by molar-refractivity contribution is -0.156. The van der Waals surface area contributed by atoms with E-state index in [0.717, 1.165) is 109 Å². The highest BCUT2D eigenvalue weighted by atomic mass is 32.1. The van der Waals surface area contributed by atoms with Gasteiger partial charge in [-0.3, -0.25) is 9.59 Å². The van der Waals surface area contributed by atoms with Gasteiger partial charge in [-0.1, -0.05) is 31.0 Å². The fraction of sp³-hybridized carbons (Fsp3) is 0.514. The number of carboxylic acid groups (broad SMARTS) is 1. The summed E-state index contributed by atoms with van der Waals surface area (Å²) in [6.07, 6.45) is 6.99. The van der Waals surface area contributed by atoms with Gasteiger partial charge in [-0.2, -0.15) is 0 Å². The number of rotatable bonds is 9. The van der Waals surface area contributed by atoms with Gasteiger partial charge in [0.15, 0.2) is 5.13 Å². The summed E-state index contributed by atoms with van der Waals surface area (Å²) >= 11 is 1.63. The lowest BCUT2D eigenvalue weighted by atomic mass is 9.66.